The number of hydrogen-bond donors (Lipinski definition) is 1. The number of benzene rings is 1. The van der Waals surface area contributed by atoms with Crippen molar-refractivity contribution in [2.24, 2.45) is 0 Å². The maximum Gasteiger partial charge on any atom is 0.319 e. The second-order valence-electron chi connectivity index (χ2n) is 3.78. The third kappa shape index (κ3) is 3.23. The number of carbonyl (C=O) groups is 2. The summed E-state index contributed by atoms with van der Waals surface area (Å²) in [7, 11) is 0. The quantitative estimate of drug-likeness (QED) is 0.827. The van der Waals surface area contributed by atoms with Crippen molar-refractivity contribution in [2.45, 2.75) is 23.0 Å². The van der Waals surface area contributed by atoms with Crippen LogP contribution in [0.3, 0.4) is 0 Å². The lowest BCUT2D eigenvalue weighted by atomic mass is 10.2. The van der Waals surface area contributed by atoms with Gasteiger partial charge in [0.1, 0.15) is 5.25 Å². The van der Waals surface area contributed by atoms with Crippen LogP contribution in [-0.4, -0.2) is 28.9 Å². The molecule has 1 atom stereocenters. The lowest BCUT2D eigenvalue weighted by Crippen LogP contribution is -2.09. The van der Waals surface area contributed by atoms with E-state index in [-0.39, 0.29) is 17.6 Å². The van der Waals surface area contributed by atoms with Crippen LogP contribution in [0.2, 0.25) is 0 Å². The highest BCUT2D eigenvalue weighted by Gasteiger charge is 2.27. The van der Waals surface area contributed by atoms with Crippen LogP contribution in [0.25, 0.3) is 0 Å². The van der Waals surface area contributed by atoms with Gasteiger partial charge in [-0.2, -0.15) is 0 Å². The van der Waals surface area contributed by atoms with E-state index in [1.54, 1.807) is 12.1 Å². The van der Waals surface area contributed by atoms with Gasteiger partial charge in [0, 0.05) is 11.3 Å². The van der Waals surface area contributed by atoms with E-state index in [1.165, 1.54) is 11.8 Å². The minimum Gasteiger partial charge on any atom is -0.481 e. The maximum absolute atomic E-state index is 11.3. The van der Waals surface area contributed by atoms with E-state index in [0.29, 0.717) is 6.61 Å². The van der Waals surface area contributed by atoms with Crippen molar-refractivity contribution >= 4 is 23.7 Å². The molecule has 1 unspecified atom stereocenters. The number of rotatable bonds is 4. The number of carboxylic acid groups (broad SMARTS) is 1. The van der Waals surface area contributed by atoms with E-state index < -0.39 is 5.97 Å². The third-order valence-electron chi connectivity index (χ3n) is 2.44. The Labute approximate surface area is 103 Å². The summed E-state index contributed by atoms with van der Waals surface area (Å²) in [6.07, 6.45) is 0.761. The highest BCUT2D eigenvalue weighted by molar-refractivity contribution is 8.00. The van der Waals surface area contributed by atoms with Gasteiger partial charge in [0.25, 0.3) is 0 Å². The van der Waals surface area contributed by atoms with Gasteiger partial charge in [-0.3, -0.25) is 9.59 Å². The molecule has 1 saturated heterocycles. The Hall–Kier alpha value is -1.49. The molecule has 1 aromatic rings. The Bertz CT molecular complexity index is 427. The summed E-state index contributed by atoms with van der Waals surface area (Å²) < 4.78 is 4.88. The minimum absolute atomic E-state index is 0.0242. The van der Waals surface area contributed by atoms with Gasteiger partial charge in [-0.25, -0.2) is 0 Å². The van der Waals surface area contributed by atoms with Crippen molar-refractivity contribution in [2.75, 3.05) is 6.61 Å². The molecule has 17 heavy (non-hydrogen) atoms. The SMILES string of the molecule is O=C(O)Cc1ccc(SC2CCOC2=O)cc1. The molecule has 0 saturated carbocycles. The number of esters is 1. The molecule has 0 radical (unpaired) electrons. The lowest BCUT2D eigenvalue weighted by Gasteiger charge is -2.05. The molecule has 0 spiro atoms. The zero-order valence-corrected chi connectivity index (χ0v) is 9.90. The lowest BCUT2D eigenvalue weighted by molar-refractivity contribution is -0.138. The molecule has 0 bridgehead atoms. The summed E-state index contributed by atoms with van der Waals surface area (Å²) in [5.41, 5.74) is 0.760. The average Bonchev–Trinajstić information content (AvgIpc) is 2.67. The van der Waals surface area contributed by atoms with Crippen molar-refractivity contribution in [1.82, 2.24) is 0 Å². The van der Waals surface area contributed by atoms with Gasteiger partial charge >= 0.3 is 11.9 Å². The summed E-state index contributed by atoms with van der Waals surface area (Å²) in [4.78, 5) is 22.7. The van der Waals surface area contributed by atoms with Crippen molar-refractivity contribution < 1.29 is 19.4 Å². The van der Waals surface area contributed by atoms with E-state index in [1.807, 2.05) is 12.1 Å². The number of ether oxygens (including phenoxy) is 1. The second kappa shape index (κ2) is 5.23. The molecule has 1 aromatic carbocycles. The monoisotopic (exact) mass is 252 g/mol. The molecule has 4 nitrogen and oxygen atoms in total. The summed E-state index contributed by atoms with van der Waals surface area (Å²) in [5, 5.41) is 8.51. The number of aliphatic carboxylic acids is 1. The molecule has 1 N–H and O–H groups in total. The normalized spacial score (nSPS) is 19.1. The molecule has 0 aromatic heterocycles. The van der Waals surface area contributed by atoms with Gasteiger partial charge < -0.3 is 9.84 Å². The van der Waals surface area contributed by atoms with Gasteiger partial charge in [0.2, 0.25) is 0 Å². The van der Waals surface area contributed by atoms with Crippen molar-refractivity contribution in [3.8, 4) is 0 Å². The summed E-state index contributed by atoms with van der Waals surface area (Å²) in [5.74, 6) is -1.01. The molecule has 2 rings (SSSR count). The van der Waals surface area contributed by atoms with Crippen LogP contribution < -0.4 is 0 Å². The van der Waals surface area contributed by atoms with E-state index >= 15 is 0 Å². The minimum atomic E-state index is -0.843. The van der Waals surface area contributed by atoms with E-state index in [0.717, 1.165) is 16.9 Å². The van der Waals surface area contributed by atoms with E-state index in [2.05, 4.69) is 0 Å². The van der Waals surface area contributed by atoms with Gasteiger partial charge in [-0.15, -0.1) is 11.8 Å². The van der Waals surface area contributed by atoms with Crippen LogP contribution in [-0.2, 0) is 20.7 Å². The fraction of sp³-hybridized carbons (Fsp3) is 0.333. The van der Waals surface area contributed by atoms with E-state index in [9.17, 15) is 9.59 Å². The average molecular weight is 252 g/mol. The summed E-state index contributed by atoms with van der Waals surface area (Å²) >= 11 is 1.46. The fourth-order valence-corrected chi connectivity index (χ4v) is 2.61. The molecule has 1 aliphatic heterocycles. The first-order chi connectivity index (χ1) is 8.15. The molecule has 90 valence electrons. The zero-order valence-electron chi connectivity index (χ0n) is 9.09. The van der Waals surface area contributed by atoms with Crippen LogP contribution in [0.4, 0.5) is 0 Å². The molecule has 1 aliphatic rings. The molecule has 1 heterocycles. The molecule has 0 amide bonds. The van der Waals surface area contributed by atoms with Crippen LogP contribution in [0, 0.1) is 0 Å². The Morgan fingerprint density at radius 3 is 2.65 bits per heavy atom. The van der Waals surface area contributed by atoms with Crippen LogP contribution in [0.15, 0.2) is 29.2 Å². The first-order valence-electron chi connectivity index (χ1n) is 5.29. The molecule has 5 heteroatoms. The van der Waals surface area contributed by atoms with Crippen LogP contribution in [0.5, 0.6) is 0 Å². The summed E-state index contributed by atoms with van der Waals surface area (Å²) in [6, 6.07) is 7.23. The number of thioether (sulfide) groups is 1. The largest absolute Gasteiger partial charge is 0.481 e. The number of hydrogen-bond acceptors (Lipinski definition) is 4. The predicted molar refractivity (Wildman–Crippen MR) is 63.0 cm³/mol. The van der Waals surface area contributed by atoms with E-state index in [4.69, 9.17) is 9.84 Å². The Kier molecular flexibility index (Phi) is 3.68. The number of cyclic esters (lactones) is 1. The Balaban J connectivity index is 1.98. The summed E-state index contributed by atoms with van der Waals surface area (Å²) in [6.45, 7) is 0.494. The van der Waals surface area contributed by atoms with Crippen LogP contribution >= 0.6 is 11.8 Å². The third-order valence-corrected chi connectivity index (χ3v) is 3.70. The molecule has 0 aliphatic carbocycles. The maximum atomic E-state index is 11.3. The Morgan fingerprint density at radius 1 is 1.41 bits per heavy atom. The first-order valence-corrected chi connectivity index (χ1v) is 6.17. The van der Waals surface area contributed by atoms with Crippen molar-refractivity contribution in [1.29, 1.82) is 0 Å². The smallest absolute Gasteiger partial charge is 0.319 e. The second-order valence-corrected chi connectivity index (χ2v) is 5.05. The Morgan fingerprint density at radius 2 is 2.12 bits per heavy atom. The van der Waals surface area contributed by atoms with Gasteiger partial charge in [-0.1, -0.05) is 12.1 Å². The van der Waals surface area contributed by atoms with Gasteiger partial charge in [-0.05, 0) is 17.7 Å². The van der Waals surface area contributed by atoms with Gasteiger partial charge in [0.05, 0.1) is 13.0 Å². The van der Waals surface area contributed by atoms with Crippen molar-refractivity contribution in [3.05, 3.63) is 29.8 Å². The molecular weight excluding hydrogens is 240 g/mol. The fourth-order valence-electron chi connectivity index (χ4n) is 1.61. The number of carbonyl (C=O) groups excluding carboxylic acids is 1. The number of carboxylic acids is 1. The van der Waals surface area contributed by atoms with Gasteiger partial charge in [0.15, 0.2) is 0 Å². The highest BCUT2D eigenvalue weighted by atomic mass is 32.2. The molecule has 1 fully saturated rings. The molecular formula is C12H12O4S. The topological polar surface area (TPSA) is 63.6 Å². The van der Waals surface area contributed by atoms with Crippen molar-refractivity contribution in [3.63, 3.8) is 0 Å². The van der Waals surface area contributed by atoms with Crippen LogP contribution in [0.1, 0.15) is 12.0 Å². The first kappa shape index (κ1) is 12.0. The standard InChI is InChI=1S/C12H12O4S/c13-11(14)7-8-1-3-9(4-2-8)17-10-5-6-16-12(10)15/h1-4,10H,5-7H2,(H,13,14). The zero-order chi connectivity index (χ0) is 12.3. The predicted octanol–water partition coefficient (Wildman–Crippen LogP) is 1.72. The highest BCUT2D eigenvalue weighted by Crippen LogP contribution is 2.29.